The summed E-state index contributed by atoms with van der Waals surface area (Å²) in [4.78, 5) is 0. The highest BCUT2D eigenvalue weighted by molar-refractivity contribution is 6.31. The summed E-state index contributed by atoms with van der Waals surface area (Å²) < 4.78 is 13.6. The Bertz CT molecular complexity index is 327. The fourth-order valence-electron chi connectivity index (χ4n) is 2.01. The van der Waals surface area contributed by atoms with Crippen LogP contribution >= 0.6 is 11.6 Å². The highest BCUT2D eigenvalue weighted by Crippen LogP contribution is 2.50. The fraction of sp³-hybridized carbons (Fsp3) is 0.455. The van der Waals surface area contributed by atoms with E-state index in [1.54, 1.807) is 12.1 Å². The van der Waals surface area contributed by atoms with Crippen molar-refractivity contribution >= 4 is 11.6 Å². The van der Waals surface area contributed by atoms with E-state index in [2.05, 4.69) is 5.32 Å². The van der Waals surface area contributed by atoms with E-state index < -0.39 is 0 Å². The van der Waals surface area contributed by atoms with E-state index in [1.165, 1.54) is 6.07 Å². The van der Waals surface area contributed by atoms with Crippen molar-refractivity contribution in [3.05, 3.63) is 34.6 Å². The molecule has 3 heteroatoms. The predicted molar refractivity (Wildman–Crippen MR) is 56.2 cm³/mol. The predicted octanol–water partition coefficient (Wildman–Crippen LogP) is 2.73. The van der Waals surface area contributed by atoms with Crippen molar-refractivity contribution < 1.29 is 4.39 Å². The number of halogens is 2. The van der Waals surface area contributed by atoms with Crippen molar-refractivity contribution in [1.82, 2.24) is 5.32 Å². The maximum Gasteiger partial charge on any atom is 0.128 e. The minimum atomic E-state index is -0.176. The summed E-state index contributed by atoms with van der Waals surface area (Å²) in [5.41, 5.74) is 0.646. The average molecular weight is 214 g/mol. The van der Waals surface area contributed by atoms with Crippen LogP contribution in [0.25, 0.3) is 0 Å². The smallest absolute Gasteiger partial charge is 0.128 e. The molecule has 1 N–H and O–H groups in total. The highest BCUT2D eigenvalue weighted by Gasteiger charge is 2.46. The Labute approximate surface area is 88.3 Å². The van der Waals surface area contributed by atoms with Gasteiger partial charge in [0.2, 0.25) is 0 Å². The minimum Gasteiger partial charge on any atom is -0.319 e. The molecule has 0 atom stereocenters. The van der Waals surface area contributed by atoms with Gasteiger partial charge in [-0.15, -0.1) is 0 Å². The van der Waals surface area contributed by atoms with Gasteiger partial charge in [-0.25, -0.2) is 4.39 Å². The monoisotopic (exact) mass is 213 g/mol. The van der Waals surface area contributed by atoms with Gasteiger partial charge in [-0.1, -0.05) is 17.7 Å². The second-order valence-corrected chi connectivity index (χ2v) is 4.31. The maximum atomic E-state index is 13.6. The summed E-state index contributed by atoms with van der Waals surface area (Å²) in [5, 5.41) is 3.65. The Balaban J connectivity index is 2.40. The van der Waals surface area contributed by atoms with E-state index in [0.29, 0.717) is 10.6 Å². The zero-order chi connectivity index (χ0) is 10.2. The summed E-state index contributed by atoms with van der Waals surface area (Å²) in [5.74, 6) is -0.176. The van der Waals surface area contributed by atoms with Gasteiger partial charge in [-0.3, -0.25) is 0 Å². The van der Waals surface area contributed by atoms with Crippen LogP contribution in [0.4, 0.5) is 4.39 Å². The molecule has 0 spiro atoms. The van der Waals surface area contributed by atoms with Gasteiger partial charge in [0.1, 0.15) is 5.82 Å². The Morgan fingerprint density at radius 1 is 1.50 bits per heavy atom. The molecule has 14 heavy (non-hydrogen) atoms. The minimum absolute atomic E-state index is 0.0445. The van der Waals surface area contributed by atoms with E-state index in [0.717, 1.165) is 19.4 Å². The average Bonchev–Trinajstić information content (AvgIpc) is 2.86. The summed E-state index contributed by atoms with van der Waals surface area (Å²) in [7, 11) is 1.88. The lowest BCUT2D eigenvalue weighted by atomic mass is 9.95. The van der Waals surface area contributed by atoms with E-state index >= 15 is 0 Å². The number of benzene rings is 1. The van der Waals surface area contributed by atoms with Crippen molar-refractivity contribution in [2.45, 2.75) is 18.3 Å². The van der Waals surface area contributed by atoms with Gasteiger partial charge in [-0.2, -0.15) is 0 Å². The van der Waals surface area contributed by atoms with Crippen LogP contribution in [0.3, 0.4) is 0 Å². The van der Waals surface area contributed by atoms with Crippen molar-refractivity contribution in [1.29, 1.82) is 0 Å². The first-order valence-corrected chi connectivity index (χ1v) is 5.16. The van der Waals surface area contributed by atoms with Crippen molar-refractivity contribution in [3.63, 3.8) is 0 Å². The fourth-order valence-corrected chi connectivity index (χ4v) is 2.37. The van der Waals surface area contributed by atoms with Crippen LogP contribution in [0, 0.1) is 5.82 Å². The maximum absolute atomic E-state index is 13.6. The quantitative estimate of drug-likeness (QED) is 0.814. The molecular formula is C11H13ClFN. The topological polar surface area (TPSA) is 12.0 Å². The molecule has 1 saturated carbocycles. The molecule has 1 nitrogen and oxygen atoms in total. The summed E-state index contributed by atoms with van der Waals surface area (Å²) >= 11 is 6.02. The number of hydrogen-bond donors (Lipinski definition) is 1. The third kappa shape index (κ3) is 1.53. The van der Waals surface area contributed by atoms with Crippen LogP contribution in [-0.2, 0) is 5.41 Å². The summed E-state index contributed by atoms with van der Waals surface area (Å²) in [6.07, 6.45) is 2.04. The van der Waals surface area contributed by atoms with Crippen LogP contribution in [0.5, 0.6) is 0 Å². The number of nitrogens with one attached hydrogen (secondary N) is 1. The van der Waals surface area contributed by atoms with Crippen molar-refractivity contribution in [2.75, 3.05) is 13.6 Å². The molecule has 0 saturated heterocycles. The van der Waals surface area contributed by atoms with E-state index in [4.69, 9.17) is 11.6 Å². The Morgan fingerprint density at radius 3 is 2.71 bits per heavy atom. The Morgan fingerprint density at radius 2 is 2.21 bits per heavy atom. The first-order valence-electron chi connectivity index (χ1n) is 4.79. The summed E-state index contributed by atoms with van der Waals surface area (Å²) in [6.45, 7) is 0.799. The van der Waals surface area contributed by atoms with Gasteiger partial charge in [0, 0.05) is 22.5 Å². The lowest BCUT2D eigenvalue weighted by Crippen LogP contribution is -2.24. The van der Waals surface area contributed by atoms with Gasteiger partial charge < -0.3 is 5.32 Å². The van der Waals surface area contributed by atoms with Gasteiger partial charge in [0.15, 0.2) is 0 Å². The SMILES string of the molecule is CNCC1(c2c(F)cccc2Cl)CC1. The molecule has 0 aliphatic heterocycles. The summed E-state index contributed by atoms with van der Waals surface area (Å²) in [6, 6.07) is 4.89. The molecule has 0 radical (unpaired) electrons. The Hall–Kier alpha value is -0.600. The van der Waals surface area contributed by atoms with Crippen LogP contribution in [-0.4, -0.2) is 13.6 Å². The largest absolute Gasteiger partial charge is 0.319 e. The third-order valence-corrected chi connectivity index (χ3v) is 3.18. The molecule has 1 aromatic carbocycles. The zero-order valence-electron chi connectivity index (χ0n) is 8.11. The molecule has 1 aliphatic carbocycles. The van der Waals surface area contributed by atoms with Gasteiger partial charge in [-0.05, 0) is 32.0 Å². The van der Waals surface area contributed by atoms with E-state index in [9.17, 15) is 4.39 Å². The lowest BCUT2D eigenvalue weighted by Gasteiger charge is -2.17. The first-order chi connectivity index (χ1) is 6.69. The second kappa shape index (κ2) is 3.52. The highest BCUT2D eigenvalue weighted by atomic mass is 35.5. The first kappa shape index (κ1) is 9.94. The van der Waals surface area contributed by atoms with E-state index in [-0.39, 0.29) is 11.2 Å². The Kier molecular flexibility index (Phi) is 2.50. The molecule has 1 aromatic rings. The molecule has 1 fully saturated rings. The second-order valence-electron chi connectivity index (χ2n) is 3.91. The molecule has 0 bridgehead atoms. The molecule has 0 unspecified atom stereocenters. The normalized spacial score (nSPS) is 18.2. The lowest BCUT2D eigenvalue weighted by molar-refractivity contribution is 0.552. The standard InChI is InChI=1S/C11H13ClFN/c1-14-7-11(5-6-11)10-8(12)3-2-4-9(10)13/h2-4,14H,5-7H2,1H3. The van der Waals surface area contributed by atoms with Crippen LogP contribution < -0.4 is 5.32 Å². The third-order valence-electron chi connectivity index (χ3n) is 2.86. The number of rotatable bonds is 3. The number of likely N-dealkylation sites (N-methyl/N-ethyl adjacent to an activating group) is 1. The molecule has 1 aliphatic rings. The molecule has 0 aromatic heterocycles. The van der Waals surface area contributed by atoms with Crippen LogP contribution in [0.1, 0.15) is 18.4 Å². The molecule has 0 amide bonds. The van der Waals surface area contributed by atoms with Crippen molar-refractivity contribution in [3.8, 4) is 0 Å². The molecule has 0 heterocycles. The van der Waals surface area contributed by atoms with Crippen LogP contribution in [0.15, 0.2) is 18.2 Å². The molecular weight excluding hydrogens is 201 g/mol. The van der Waals surface area contributed by atoms with Gasteiger partial charge in [0.25, 0.3) is 0 Å². The van der Waals surface area contributed by atoms with Gasteiger partial charge in [0.05, 0.1) is 0 Å². The van der Waals surface area contributed by atoms with E-state index in [1.807, 2.05) is 7.05 Å². The van der Waals surface area contributed by atoms with Crippen LogP contribution in [0.2, 0.25) is 5.02 Å². The number of hydrogen-bond acceptors (Lipinski definition) is 1. The van der Waals surface area contributed by atoms with Gasteiger partial charge >= 0.3 is 0 Å². The van der Waals surface area contributed by atoms with Crippen molar-refractivity contribution in [2.24, 2.45) is 0 Å². The molecule has 2 rings (SSSR count). The zero-order valence-corrected chi connectivity index (χ0v) is 8.87. The molecule has 76 valence electrons.